The number of guanidine groups is 1. The molecule has 0 aliphatic carbocycles. The third-order valence-electron chi connectivity index (χ3n) is 3.54. The van der Waals surface area contributed by atoms with Gasteiger partial charge < -0.3 is 10.6 Å². The van der Waals surface area contributed by atoms with Crippen LogP contribution in [0.15, 0.2) is 53.5 Å². The average Bonchev–Trinajstić information content (AvgIpc) is 2.65. The molecule has 26 heavy (non-hydrogen) atoms. The van der Waals surface area contributed by atoms with E-state index in [2.05, 4.69) is 15.6 Å². The fourth-order valence-electron chi connectivity index (χ4n) is 2.13. The molecule has 2 aromatic rings. The molecule has 6 nitrogen and oxygen atoms in total. The number of benzene rings is 2. The molecule has 0 saturated heterocycles. The number of aliphatic imine (C=N–C) groups is 1. The van der Waals surface area contributed by atoms with Crippen LogP contribution in [0.5, 0.6) is 0 Å². The van der Waals surface area contributed by atoms with Crippen LogP contribution in [0.1, 0.15) is 11.1 Å². The Bertz CT molecular complexity index is 736. The lowest BCUT2D eigenvalue weighted by atomic mass is 10.2. The molecule has 8 heteroatoms. The number of thioether (sulfide) groups is 1. The van der Waals surface area contributed by atoms with E-state index in [0.717, 1.165) is 23.4 Å². The van der Waals surface area contributed by atoms with Crippen molar-refractivity contribution in [3.63, 3.8) is 0 Å². The van der Waals surface area contributed by atoms with Gasteiger partial charge in [-0.05, 0) is 29.5 Å². The zero-order chi connectivity index (χ0) is 18.8. The van der Waals surface area contributed by atoms with E-state index in [4.69, 9.17) is 0 Å². The number of non-ortho nitro benzene ring substituents is 1. The normalized spacial score (nSPS) is 11.2. The van der Waals surface area contributed by atoms with Gasteiger partial charge in [0.2, 0.25) is 0 Å². The van der Waals surface area contributed by atoms with Crippen molar-refractivity contribution >= 4 is 23.4 Å². The number of rotatable bonds is 8. The molecule has 0 aromatic heterocycles. The first-order chi connectivity index (χ1) is 12.6. The minimum atomic E-state index is -0.420. The number of nitrogens with zero attached hydrogens (tertiary/aromatic N) is 2. The Morgan fingerprint density at radius 3 is 2.38 bits per heavy atom. The van der Waals surface area contributed by atoms with Crippen molar-refractivity contribution in [1.29, 1.82) is 0 Å². The number of nitro benzene ring substituents is 1. The van der Waals surface area contributed by atoms with Crippen molar-refractivity contribution in [1.82, 2.24) is 10.6 Å². The van der Waals surface area contributed by atoms with Gasteiger partial charge >= 0.3 is 0 Å². The van der Waals surface area contributed by atoms with E-state index in [-0.39, 0.29) is 11.5 Å². The first kappa shape index (κ1) is 19.7. The third-order valence-corrected chi connectivity index (χ3v) is 4.15. The maximum atomic E-state index is 13.0. The van der Waals surface area contributed by atoms with Crippen molar-refractivity contribution in [2.75, 3.05) is 18.6 Å². The van der Waals surface area contributed by atoms with Crippen molar-refractivity contribution in [2.45, 2.75) is 13.1 Å². The third kappa shape index (κ3) is 6.72. The average molecular weight is 376 g/mol. The first-order valence-corrected chi connectivity index (χ1v) is 9.47. The summed E-state index contributed by atoms with van der Waals surface area (Å²) in [5.41, 5.74) is 1.89. The van der Waals surface area contributed by atoms with Crippen LogP contribution in [-0.2, 0) is 13.1 Å². The predicted molar refractivity (Wildman–Crippen MR) is 104 cm³/mol. The molecule has 0 saturated carbocycles. The molecule has 0 spiro atoms. The van der Waals surface area contributed by atoms with Gasteiger partial charge in [-0.1, -0.05) is 24.3 Å². The van der Waals surface area contributed by atoms with Gasteiger partial charge in [0.1, 0.15) is 5.82 Å². The number of nitro groups is 1. The van der Waals surface area contributed by atoms with Crippen LogP contribution in [0.4, 0.5) is 10.1 Å². The van der Waals surface area contributed by atoms with Crippen LogP contribution in [0.25, 0.3) is 0 Å². The van der Waals surface area contributed by atoms with Gasteiger partial charge in [-0.25, -0.2) is 9.38 Å². The second-order valence-electron chi connectivity index (χ2n) is 5.49. The maximum absolute atomic E-state index is 13.0. The van der Waals surface area contributed by atoms with Crippen molar-refractivity contribution in [3.8, 4) is 0 Å². The predicted octanol–water partition coefficient (Wildman–Crippen LogP) is 3.33. The minimum Gasteiger partial charge on any atom is -0.356 e. The topological polar surface area (TPSA) is 79.6 Å². The lowest BCUT2D eigenvalue weighted by Gasteiger charge is -2.12. The molecule has 0 aliphatic rings. The molecule has 138 valence electrons. The summed E-state index contributed by atoms with van der Waals surface area (Å²) < 4.78 is 13.0. The summed E-state index contributed by atoms with van der Waals surface area (Å²) in [5.74, 6) is 1.31. The van der Waals surface area contributed by atoms with Gasteiger partial charge in [-0.2, -0.15) is 11.8 Å². The monoisotopic (exact) mass is 376 g/mol. The van der Waals surface area contributed by atoms with E-state index in [1.165, 1.54) is 24.3 Å². The van der Waals surface area contributed by atoms with E-state index in [0.29, 0.717) is 19.0 Å². The van der Waals surface area contributed by atoms with Crippen LogP contribution in [0, 0.1) is 15.9 Å². The minimum absolute atomic E-state index is 0.0667. The lowest BCUT2D eigenvalue weighted by molar-refractivity contribution is -0.384. The molecular weight excluding hydrogens is 355 g/mol. The molecule has 2 rings (SSSR count). The molecule has 0 atom stereocenters. The maximum Gasteiger partial charge on any atom is 0.269 e. The standard InChI is InChI=1S/C18H21FN4O2S/c1-26-11-10-20-18(21-12-14-2-6-16(19)7-3-14)22-13-15-4-8-17(9-5-15)23(24)25/h2-9H,10-13H2,1H3,(H2,20,21,22). The number of halogens is 1. The van der Waals surface area contributed by atoms with Crippen molar-refractivity contribution in [2.24, 2.45) is 4.99 Å². The highest BCUT2D eigenvalue weighted by molar-refractivity contribution is 7.98. The second kappa shape index (κ2) is 10.4. The quantitative estimate of drug-likeness (QED) is 0.243. The molecule has 0 fully saturated rings. The summed E-state index contributed by atoms with van der Waals surface area (Å²) in [6, 6.07) is 12.6. The van der Waals surface area contributed by atoms with Gasteiger partial charge in [0.05, 0.1) is 11.5 Å². The largest absolute Gasteiger partial charge is 0.356 e. The highest BCUT2D eigenvalue weighted by Crippen LogP contribution is 2.11. The Kier molecular flexibility index (Phi) is 7.88. The molecular formula is C18H21FN4O2S. The summed E-state index contributed by atoms with van der Waals surface area (Å²) in [5, 5.41) is 17.2. The molecule has 2 aromatic carbocycles. The van der Waals surface area contributed by atoms with E-state index >= 15 is 0 Å². The summed E-state index contributed by atoms with van der Waals surface area (Å²) in [7, 11) is 0. The smallest absolute Gasteiger partial charge is 0.269 e. The van der Waals surface area contributed by atoms with Crippen LogP contribution in [0.3, 0.4) is 0 Å². The van der Waals surface area contributed by atoms with Gasteiger partial charge in [0.25, 0.3) is 5.69 Å². The second-order valence-corrected chi connectivity index (χ2v) is 6.47. The Labute approximate surface area is 156 Å². The summed E-state index contributed by atoms with van der Waals surface area (Å²) in [4.78, 5) is 14.8. The Hall–Kier alpha value is -2.61. The Morgan fingerprint density at radius 1 is 1.12 bits per heavy atom. The van der Waals surface area contributed by atoms with Crippen LogP contribution >= 0.6 is 11.8 Å². The van der Waals surface area contributed by atoms with Gasteiger partial charge in [0.15, 0.2) is 5.96 Å². The zero-order valence-corrected chi connectivity index (χ0v) is 15.3. The van der Waals surface area contributed by atoms with Crippen LogP contribution < -0.4 is 10.6 Å². The molecule has 0 radical (unpaired) electrons. The summed E-state index contributed by atoms with van der Waals surface area (Å²) in [6.45, 7) is 1.68. The summed E-state index contributed by atoms with van der Waals surface area (Å²) >= 11 is 1.73. The molecule has 0 unspecified atom stereocenters. The van der Waals surface area contributed by atoms with E-state index in [1.54, 1.807) is 36.0 Å². The SMILES string of the molecule is CSCCNC(=NCc1ccc(F)cc1)NCc1ccc([N+](=O)[O-])cc1. The molecule has 0 amide bonds. The number of hydrogen-bond acceptors (Lipinski definition) is 4. The highest BCUT2D eigenvalue weighted by Gasteiger charge is 2.05. The molecule has 0 heterocycles. The Balaban J connectivity index is 1.97. The molecule has 2 N–H and O–H groups in total. The fraction of sp³-hybridized carbons (Fsp3) is 0.278. The molecule has 0 bridgehead atoms. The van der Waals surface area contributed by atoms with E-state index < -0.39 is 4.92 Å². The summed E-state index contributed by atoms with van der Waals surface area (Å²) in [6.07, 6.45) is 2.03. The van der Waals surface area contributed by atoms with E-state index in [1.807, 2.05) is 6.26 Å². The Morgan fingerprint density at radius 2 is 1.77 bits per heavy atom. The van der Waals surface area contributed by atoms with Crippen molar-refractivity contribution < 1.29 is 9.31 Å². The van der Waals surface area contributed by atoms with E-state index in [9.17, 15) is 14.5 Å². The van der Waals surface area contributed by atoms with Gasteiger partial charge in [-0.15, -0.1) is 0 Å². The van der Waals surface area contributed by atoms with Crippen LogP contribution in [0.2, 0.25) is 0 Å². The first-order valence-electron chi connectivity index (χ1n) is 8.07. The highest BCUT2D eigenvalue weighted by atomic mass is 32.2. The van der Waals surface area contributed by atoms with Crippen molar-refractivity contribution in [3.05, 3.63) is 75.6 Å². The lowest BCUT2D eigenvalue weighted by Crippen LogP contribution is -2.38. The molecule has 0 aliphatic heterocycles. The van der Waals surface area contributed by atoms with Crippen LogP contribution in [-0.4, -0.2) is 29.4 Å². The number of nitrogens with one attached hydrogen (secondary N) is 2. The fourth-order valence-corrected chi connectivity index (χ4v) is 2.43. The van der Waals surface area contributed by atoms with Gasteiger partial charge in [0, 0.05) is 31.0 Å². The van der Waals surface area contributed by atoms with Gasteiger partial charge in [-0.3, -0.25) is 10.1 Å². The number of hydrogen-bond donors (Lipinski definition) is 2. The zero-order valence-electron chi connectivity index (χ0n) is 14.4.